The molecule has 0 saturated heterocycles. The number of hydrogen-bond donors (Lipinski definition) is 1. The van der Waals surface area contributed by atoms with Gasteiger partial charge >= 0.3 is 5.97 Å². The molecule has 6 heteroatoms. The van der Waals surface area contributed by atoms with E-state index in [2.05, 4.69) is 0 Å². The van der Waals surface area contributed by atoms with Crippen molar-refractivity contribution in [3.05, 3.63) is 59.4 Å². The predicted octanol–water partition coefficient (Wildman–Crippen LogP) is 3.95. The fraction of sp³-hybridized carbons (Fsp3) is 0. The second kappa shape index (κ2) is 5.36. The minimum absolute atomic E-state index is 0.135. The quantitative estimate of drug-likeness (QED) is 0.927. The summed E-state index contributed by atoms with van der Waals surface area (Å²) in [5.41, 5.74) is -0.174. The van der Waals surface area contributed by atoms with Gasteiger partial charge in [-0.1, -0.05) is 11.8 Å². The van der Waals surface area contributed by atoms with Gasteiger partial charge in [0.15, 0.2) is 11.6 Å². The first-order chi connectivity index (χ1) is 8.97. The summed E-state index contributed by atoms with van der Waals surface area (Å²) in [5.74, 6) is -3.96. The molecule has 0 aliphatic heterocycles. The lowest BCUT2D eigenvalue weighted by atomic mass is 10.2. The van der Waals surface area contributed by atoms with Gasteiger partial charge < -0.3 is 5.11 Å². The van der Waals surface area contributed by atoms with E-state index in [0.29, 0.717) is 4.90 Å². The van der Waals surface area contributed by atoms with Crippen molar-refractivity contribution in [2.45, 2.75) is 9.79 Å². The van der Waals surface area contributed by atoms with Gasteiger partial charge in [0.25, 0.3) is 0 Å². The summed E-state index contributed by atoms with van der Waals surface area (Å²) < 4.78 is 39.4. The highest BCUT2D eigenvalue weighted by Gasteiger charge is 2.10. The Kier molecular flexibility index (Phi) is 3.80. The molecule has 0 spiro atoms. The number of carboxylic acids is 1. The van der Waals surface area contributed by atoms with E-state index in [4.69, 9.17) is 5.11 Å². The van der Waals surface area contributed by atoms with Gasteiger partial charge in [0, 0.05) is 9.79 Å². The molecule has 0 aliphatic rings. The predicted molar refractivity (Wildman–Crippen MR) is 63.8 cm³/mol. The second-order valence-electron chi connectivity index (χ2n) is 3.63. The Morgan fingerprint density at radius 1 is 0.947 bits per heavy atom. The van der Waals surface area contributed by atoms with E-state index in [-0.39, 0.29) is 10.5 Å². The monoisotopic (exact) mass is 284 g/mol. The molecule has 0 unspecified atom stereocenters. The van der Waals surface area contributed by atoms with Crippen molar-refractivity contribution in [1.29, 1.82) is 0 Å². The summed E-state index contributed by atoms with van der Waals surface area (Å²) >= 11 is 0.883. The number of rotatable bonds is 3. The van der Waals surface area contributed by atoms with E-state index in [1.165, 1.54) is 18.2 Å². The van der Waals surface area contributed by atoms with Gasteiger partial charge in [-0.3, -0.25) is 0 Å². The fourth-order valence-electron chi connectivity index (χ4n) is 1.38. The van der Waals surface area contributed by atoms with E-state index < -0.39 is 23.4 Å². The van der Waals surface area contributed by atoms with E-state index >= 15 is 0 Å². The van der Waals surface area contributed by atoms with E-state index in [0.717, 1.165) is 30.0 Å². The van der Waals surface area contributed by atoms with Crippen molar-refractivity contribution in [2.24, 2.45) is 0 Å². The van der Waals surface area contributed by atoms with Gasteiger partial charge in [0.1, 0.15) is 5.82 Å². The van der Waals surface area contributed by atoms with Crippen LogP contribution in [0.15, 0.2) is 46.2 Å². The summed E-state index contributed by atoms with van der Waals surface area (Å²) in [7, 11) is 0. The van der Waals surface area contributed by atoms with Crippen LogP contribution in [0.1, 0.15) is 10.4 Å². The summed E-state index contributed by atoms with van der Waals surface area (Å²) in [4.78, 5) is 11.1. The molecule has 2 nitrogen and oxygen atoms in total. The summed E-state index contributed by atoms with van der Waals surface area (Å²) in [6.07, 6.45) is 0. The lowest BCUT2D eigenvalue weighted by molar-refractivity contribution is 0.0696. The highest BCUT2D eigenvalue weighted by Crippen LogP contribution is 2.31. The molecule has 1 N–H and O–H groups in total. The van der Waals surface area contributed by atoms with Gasteiger partial charge in [-0.05, 0) is 36.4 Å². The van der Waals surface area contributed by atoms with Gasteiger partial charge in [0.2, 0.25) is 0 Å². The Balaban J connectivity index is 2.28. The average Bonchev–Trinajstić information content (AvgIpc) is 2.36. The third kappa shape index (κ3) is 3.08. The Morgan fingerprint density at radius 2 is 1.68 bits per heavy atom. The normalized spacial score (nSPS) is 10.5. The second-order valence-corrected chi connectivity index (χ2v) is 4.74. The van der Waals surface area contributed by atoms with Crippen molar-refractivity contribution in [2.75, 3.05) is 0 Å². The SMILES string of the molecule is O=C(O)c1ccc(Sc2ccc(F)c(F)c2)c(F)c1. The zero-order valence-electron chi connectivity index (χ0n) is 9.36. The van der Waals surface area contributed by atoms with Crippen LogP contribution in [0.4, 0.5) is 13.2 Å². The molecule has 19 heavy (non-hydrogen) atoms. The lowest BCUT2D eigenvalue weighted by Crippen LogP contribution is -1.97. The molecule has 0 radical (unpaired) electrons. The number of aromatic carboxylic acids is 1. The van der Waals surface area contributed by atoms with Crippen LogP contribution >= 0.6 is 11.8 Å². The first kappa shape index (κ1) is 13.5. The molecule has 2 aromatic carbocycles. The van der Waals surface area contributed by atoms with Crippen LogP contribution in [0.25, 0.3) is 0 Å². The average molecular weight is 284 g/mol. The highest BCUT2D eigenvalue weighted by atomic mass is 32.2. The van der Waals surface area contributed by atoms with Crippen LogP contribution in [-0.2, 0) is 0 Å². The van der Waals surface area contributed by atoms with Crippen molar-refractivity contribution in [1.82, 2.24) is 0 Å². The van der Waals surface area contributed by atoms with Crippen molar-refractivity contribution in [3.63, 3.8) is 0 Å². The Labute approximate surface area is 110 Å². The molecule has 0 atom stereocenters. The lowest BCUT2D eigenvalue weighted by Gasteiger charge is -2.04. The molecule has 2 rings (SSSR count). The number of benzene rings is 2. The van der Waals surface area contributed by atoms with Gasteiger partial charge in [-0.25, -0.2) is 18.0 Å². The molecule has 0 amide bonds. The molecule has 0 saturated carbocycles. The van der Waals surface area contributed by atoms with Crippen LogP contribution in [0, 0.1) is 17.5 Å². The number of carboxylic acid groups (broad SMARTS) is 1. The molecule has 0 aromatic heterocycles. The maximum atomic E-state index is 13.6. The molecule has 2 aromatic rings. The topological polar surface area (TPSA) is 37.3 Å². The molecule has 98 valence electrons. The van der Waals surface area contributed by atoms with E-state index in [1.807, 2.05) is 0 Å². The first-order valence-corrected chi connectivity index (χ1v) is 5.95. The smallest absolute Gasteiger partial charge is 0.335 e. The summed E-state index contributed by atoms with van der Waals surface area (Å²) in [5, 5.41) is 8.69. The Bertz CT molecular complexity index is 644. The molecular weight excluding hydrogens is 277 g/mol. The van der Waals surface area contributed by atoms with Gasteiger partial charge in [-0.2, -0.15) is 0 Å². The van der Waals surface area contributed by atoms with Crippen molar-refractivity contribution in [3.8, 4) is 0 Å². The Hall–Kier alpha value is -1.95. The Morgan fingerprint density at radius 3 is 2.26 bits per heavy atom. The first-order valence-electron chi connectivity index (χ1n) is 5.13. The van der Waals surface area contributed by atoms with Crippen LogP contribution in [0.5, 0.6) is 0 Å². The van der Waals surface area contributed by atoms with Crippen molar-refractivity contribution < 1.29 is 23.1 Å². The standard InChI is InChI=1S/C13H7F3O2S/c14-9-3-2-8(6-10(9)15)19-12-4-1-7(13(17)18)5-11(12)16/h1-6H,(H,17,18). The van der Waals surface area contributed by atoms with Crippen LogP contribution in [0.3, 0.4) is 0 Å². The minimum atomic E-state index is -1.23. The molecule has 0 aliphatic carbocycles. The van der Waals surface area contributed by atoms with Crippen LogP contribution in [0.2, 0.25) is 0 Å². The van der Waals surface area contributed by atoms with Crippen LogP contribution in [-0.4, -0.2) is 11.1 Å². The molecule has 0 bridgehead atoms. The highest BCUT2D eigenvalue weighted by molar-refractivity contribution is 7.99. The maximum absolute atomic E-state index is 13.6. The van der Waals surface area contributed by atoms with Crippen LogP contribution < -0.4 is 0 Å². The van der Waals surface area contributed by atoms with Gasteiger partial charge in [0.05, 0.1) is 5.56 Å². The molecule has 0 fully saturated rings. The minimum Gasteiger partial charge on any atom is -0.478 e. The molecular formula is C13H7F3O2S. The third-order valence-electron chi connectivity index (χ3n) is 2.30. The number of carbonyl (C=O) groups is 1. The zero-order chi connectivity index (χ0) is 14.0. The zero-order valence-corrected chi connectivity index (χ0v) is 10.2. The summed E-state index contributed by atoms with van der Waals surface area (Å²) in [6.45, 7) is 0. The number of halogens is 3. The van der Waals surface area contributed by atoms with E-state index in [1.54, 1.807) is 0 Å². The number of hydrogen-bond acceptors (Lipinski definition) is 2. The maximum Gasteiger partial charge on any atom is 0.335 e. The third-order valence-corrected chi connectivity index (χ3v) is 3.34. The molecule has 0 heterocycles. The largest absolute Gasteiger partial charge is 0.478 e. The van der Waals surface area contributed by atoms with Gasteiger partial charge in [-0.15, -0.1) is 0 Å². The fourth-order valence-corrected chi connectivity index (χ4v) is 2.23. The van der Waals surface area contributed by atoms with E-state index in [9.17, 15) is 18.0 Å². The summed E-state index contributed by atoms with van der Waals surface area (Å²) in [6, 6.07) is 6.61. The van der Waals surface area contributed by atoms with Crippen molar-refractivity contribution >= 4 is 17.7 Å².